The average molecular weight is 275 g/mol. The van der Waals surface area contributed by atoms with Crippen molar-refractivity contribution < 1.29 is 18.6 Å². The molecule has 1 N–H and O–H groups in total. The Kier molecular flexibility index (Phi) is 3.97. The molecule has 2 aromatic rings. The molecule has 0 radical (unpaired) electrons. The van der Waals surface area contributed by atoms with Crippen LogP contribution in [-0.2, 0) is 0 Å². The number of nitriles is 1. The van der Waals surface area contributed by atoms with Gasteiger partial charge in [-0.05, 0) is 42.8 Å². The maximum Gasteiger partial charge on any atom is 0.167 e. The van der Waals surface area contributed by atoms with Crippen LogP contribution in [0, 0.1) is 23.0 Å². The van der Waals surface area contributed by atoms with E-state index in [9.17, 15) is 13.9 Å². The molecule has 0 aliphatic rings. The van der Waals surface area contributed by atoms with Crippen molar-refractivity contribution in [2.45, 2.75) is 13.0 Å². The third-order valence-corrected chi connectivity index (χ3v) is 2.72. The van der Waals surface area contributed by atoms with Crippen molar-refractivity contribution in [2.75, 3.05) is 0 Å². The molecule has 2 aromatic carbocycles. The monoisotopic (exact) mass is 275 g/mol. The highest BCUT2D eigenvalue weighted by molar-refractivity contribution is 5.39. The van der Waals surface area contributed by atoms with Crippen molar-refractivity contribution in [3.05, 3.63) is 59.2 Å². The molecule has 0 aliphatic carbocycles. The van der Waals surface area contributed by atoms with E-state index in [0.29, 0.717) is 5.56 Å². The Labute approximate surface area is 114 Å². The topological polar surface area (TPSA) is 53.2 Å². The molecular formula is C15H11F2NO2. The van der Waals surface area contributed by atoms with Gasteiger partial charge in [0.15, 0.2) is 23.1 Å². The lowest BCUT2D eigenvalue weighted by Crippen LogP contribution is -1.96. The summed E-state index contributed by atoms with van der Waals surface area (Å²) in [5.74, 6) is -1.78. The lowest BCUT2D eigenvalue weighted by atomic mass is 10.1. The van der Waals surface area contributed by atoms with Gasteiger partial charge in [0.2, 0.25) is 0 Å². The lowest BCUT2D eigenvalue weighted by Gasteiger charge is -2.10. The molecule has 102 valence electrons. The maximum absolute atomic E-state index is 13.8. The molecule has 5 heteroatoms. The number of rotatable bonds is 3. The number of nitrogens with zero attached hydrogens (tertiary/aromatic N) is 1. The first-order valence-electron chi connectivity index (χ1n) is 5.86. The van der Waals surface area contributed by atoms with Gasteiger partial charge in [-0.3, -0.25) is 0 Å². The van der Waals surface area contributed by atoms with E-state index in [1.54, 1.807) is 6.07 Å². The predicted molar refractivity (Wildman–Crippen MR) is 68.2 cm³/mol. The summed E-state index contributed by atoms with van der Waals surface area (Å²) in [6.07, 6.45) is -0.801. The Morgan fingerprint density at radius 3 is 2.20 bits per heavy atom. The smallest absolute Gasteiger partial charge is 0.167 e. The summed E-state index contributed by atoms with van der Waals surface area (Å²) < 4.78 is 32.5. The third-order valence-electron chi connectivity index (χ3n) is 2.72. The van der Waals surface area contributed by atoms with Gasteiger partial charge in [0.25, 0.3) is 0 Å². The van der Waals surface area contributed by atoms with E-state index < -0.39 is 17.7 Å². The van der Waals surface area contributed by atoms with Gasteiger partial charge in [-0.25, -0.2) is 8.78 Å². The highest BCUT2D eigenvalue weighted by atomic mass is 19.1. The molecule has 0 bridgehead atoms. The molecule has 0 saturated heterocycles. The molecule has 0 fully saturated rings. The van der Waals surface area contributed by atoms with E-state index in [4.69, 9.17) is 10.00 Å². The zero-order valence-electron chi connectivity index (χ0n) is 10.6. The Hall–Kier alpha value is -2.45. The van der Waals surface area contributed by atoms with Crippen LogP contribution in [-0.4, -0.2) is 5.11 Å². The largest absolute Gasteiger partial charge is 0.451 e. The van der Waals surface area contributed by atoms with Crippen LogP contribution in [0.3, 0.4) is 0 Å². The van der Waals surface area contributed by atoms with Gasteiger partial charge in [0.05, 0.1) is 17.7 Å². The van der Waals surface area contributed by atoms with E-state index in [-0.39, 0.29) is 17.1 Å². The van der Waals surface area contributed by atoms with Crippen molar-refractivity contribution in [1.82, 2.24) is 0 Å². The van der Waals surface area contributed by atoms with E-state index in [1.165, 1.54) is 31.2 Å². The number of aliphatic hydroxyl groups excluding tert-OH is 1. The van der Waals surface area contributed by atoms with Crippen molar-refractivity contribution in [1.29, 1.82) is 5.26 Å². The zero-order chi connectivity index (χ0) is 14.7. The summed E-state index contributed by atoms with van der Waals surface area (Å²) in [7, 11) is 0. The van der Waals surface area contributed by atoms with Gasteiger partial charge in [-0.2, -0.15) is 5.26 Å². The van der Waals surface area contributed by atoms with Crippen molar-refractivity contribution >= 4 is 0 Å². The SMILES string of the molecule is CC(O)c1ccc(Oc2ccc(C#N)cc2F)c(F)c1. The molecule has 0 saturated carbocycles. The van der Waals surface area contributed by atoms with Gasteiger partial charge >= 0.3 is 0 Å². The minimum Gasteiger partial charge on any atom is -0.451 e. The van der Waals surface area contributed by atoms with Crippen LogP contribution in [0.2, 0.25) is 0 Å². The standard InChI is InChI=1S/C15H11F2NO2/c1-9(19)11-3-5-15(13(17)7-11)20-14-4-2-10(8-18)6-12(14)16/h2-7,9,19H,1H3. The summed E-state index contributed by atoms with van der Waals surface area (Å²) in [6.45, 7) is 1.51. The van der Waals surface area contributed by atoms with Crippen molar-refractivity contribution in [3.63, 3.8) is 0 Å². The Bertz CT molecular complexity index is 678. The first-order chi connectivity index (χ1) is 9.51. The highest BCUT2D eigenvalue weighted by Gasteiger charge is 2.11. The first kappa shape index (κ1) is 14.0. The summed E-state index contributed by atoms with van der Waals surface area (Å²) in [4.78, 5) is 0. The van der Waals surface area contributed by atoms with Crippen molar-refractivity contribution in [3.8, 4) is 17.6 Å². The Balaban J connectivity index is 2.29. The van der Waals surface area contributed by atoms with Crippen LogP contribution in [0.5, 0.6) is 11.5 Å². The summed E-state index contributed by atoms with van der Waals surface area (Å²) >= 11 is 0. The minimum absolute atomic E-state index is 0.153. The number of ether oxygens (including phenoxy) is 1. The van der Waals surface area contributed by atoms with Gasteiger partial charge in [0.1, 0.15) is 0 Å². The zero-order valence-corrected chi connectivity index (χ0v) is 10.6. The van der Waals surface area contributed by atoms with E-state index in [1.807, 2.05) is 0 Å². The fourth-order valence-electron chi connectivity index (χ4n) is 1.63. The van der Waals surface area contributed by atoms with Crippen LogP contribution in [0.15, 0.2) is 36.4 Å². The van der Waals surface area contributed by atoms with Gasteiger partial charge in [0, 0.05) is 0 Å². The molecule has 0 aliphatic heterocycles. The van der Waals surface area contributed by atoms with E-state index in [2.05, 4.69) is 0 Å². The predicted octanol–water partition coefficient (Wildman–Crippen LogP) is 3.68. The number of hydrogen-bond acceptors (Lipinski definition) is 3. The van der Waals surface area contributed by atoms with Crippen LogP contribution in [0.1, 0.15) is 24.2 Å². The molecule has 0 heterocycles. The maximum atomic E-state index is 13.8. The molecule has 20 heavy (non-hydrogen) atoms. The molecule has 0 aromatic heterocycles. The number of aliphatic hydroxyl groups is 1. The van der Waals surface area contributed by atoms with Crippen LogP contribution in [0.25, 0.3) is 0 Å². The molecule has 2 rings (SSSR count). The van der Waals surface area contributed by atoms with Gasteiger partial charge in [-0.15, -0.1) is 0 Å². The number of benzene rings is 2. The third kappa shape index (κ3) is 2.92. The second kappa shape index (κ2) is 5.68. The number of hydrogen-bond donors (Lipinski definition) is 1. The van der Waals surface area contributed by atoms with Crippen LogP contribution in [0.4, 0.5) is 8.78 Å². The Morgan fingerprint density at radius 2 is 1.70 bits per heavy atom. The quantitative estimate of drug-likeness (QED) is 0.929. The van der Waals surface area contributed by atoms with Gasteiger partial charge in [-0.1, -0.05) is 6.07 Å². The second-order valence-corrected chi connectivity index (χ2v) is 4.22. The fourth-order valence-corrected chi connectivity index (χ4v) is 1.63. The normalized spacial score (nSPS) is 11.8. The second-order valence-electron chi connectivity index (χ2n) is 4.22. The molecule has 1 unspecified atom stereocenters. The molecule has 0 spiro atoms. The number of halogens is 2. The molecule has 0 amide bonds. The Morgan fingerprint density at radius 1 is 1.10 bits per heavy atom. The first-order valence-corrected chi connectivity index (χ1v) is 5.86. The van der Waals surface area contributed by atoms with Gasteiger partial charge < -0.3 is 9.84 Å². The van der Waals surface area contributed by atoms with E-state index in [0.717, 1.165) is 12.1 Å². The fraction of sp³-hybridized carbons (Fsp3) is 0.133. The lowest BCUT2D eigenvalue weighted by molar-refractivity contribution is 0.198. The minimum atomic E-state index is -0.801. The molecule has 1 atom stereocenters. The van der Waals surface area contributed by atoms with Crippen LogP contribution >= 0.6 is 0 Å². The summed E-state index contributed by atoms with van der Waals surface area (Å²) in [5.41, 5.74) is 0.551. The highest BCUT2D eigenvalue weighted by Crippen LogP contribution is 2.29. The average Bonchev–Trinajstić information content (AvgIpc) is 2.42. The summed E-state index contributed by atoms with van der Waals surface area (Å²) in [6, 6.07) is 9.37. The molecule has 3 nitrogen and oxygen atoms in total. The van der Waals surface area contributed by atoms with Crippen molar-refractivity contribution in [2.24, 2.45) is 0 Å². The van der Waals surface area contributed by atoms with Crippen LogP contribution < -0.4 is 4.74 Å². The van der Waals surface area contributed by atoms with E-state index >= 15 is 0 Å². The summed E-state index contributed by atoms with van der Waals surface area (Å²) in [5, 5.41) is 18.0. The molecular weight excluding hydrogens is 264 g/mol.